The summed E-state index contributed by atoms with van der Waals surface area (Å²) in [5.41, 5.74) is 0. The SMILES string of the molecule is O=C1[C@@H]2[C@H]3C=C[C@@H]([C@@H]2C(=O)N1CCO)[C@@H]1[C@@H]2C(=O)N(CCO)C(=O)[C@H]2[C@H]31. The third-order valence-electron chi connectivity index (χ3n) is 7.17. The predicted octanol–water partition coefficient (Wildman–Crippen LogP) is -1.76. The van der Waals surface area contributed by atoms with Gasteiger partial charge >= 0.3 is 0 Å². The molecular formula is C18H20N2O6. The lowest BCUT2D eigenvalue weighted by molar-refractivity contribution is -0.166. The number of aliphatic hydroxyl groups excluding tert-OH is 2. The van der Waals surface area contributed by atoms with Crippen molar-refractivity contribution < 1.29 is 29.4 Å². The van der Waals surface area contributed by atoms with Gasteiger partial charge in [0.15, 0.2) is 0 Å². The van der Waals surface area contributed by atoms with Crippen LogP contribution in [0.15, 0.2) is 12.2 Å². The Kier molecular flexibility index (Phi) is 3.25. The first-order valence-corrected chi connectivity index (χ1v) is 9.13. The van der Waals surface area contributed by atoms with Gasteiger partial charge in [0.25, 0.3) is 0 Å². The number of aliphatic hydroxyl groups is 2. The molecular weight excluding hydrogens is 340 g/mol. The molecule has 0 radical (unpaired) electrons. The summed E-state index contributed by atoms with van der Waals surface area (Å²) in [4.78, 5) is 53.2. The Morgan fingerprint density at radius 3 is 1.35 bits per heavy atom. The van der Waals surface area contributed by atoms with Crippen molar-refractivity contribution in [3.05, 3.63) is 12.2 Å². The third-order valence-corrected chi connectivity index (χ3v) is 7.17. The number of likely N-dealkylation sites (tertiary alicyclic amines) is 2. The lowest BCUT2D eigenvalue weighted by Crippen LogP contribution is -2.63. The topological polar surface area (TPSA) is 115 Å². The third kappa shape index (κ3) is 1.63. The second-order valence-electron chi connectivity index (χ2n) is 7.90. The molecule has 8 atom stereocenters. The summed E-state index contributed by atoms with van der Waals surface area (Å²) in [6.45, 7) is -0.545. The molecule has 4 amide bonds. The van der Waals surface area contributed by atoms with Crippen LogP contribution < -0.4 is 0 Å². The number of carbonyl (C=O) groups excluding carboxylic acids is 4. The van der Waals surface area contributed by atoms with Gasteiger partial charge in [-0.15, -0.1) is 0 Å². The fraction of sp³-hybridized carbons (Fsp3) is 0.667. The number of nitrogens with zero attached hydrogens (tertiary/aromatic N) is 2. The van der Waals surface area contributed by atoms with Crippen LogP contribution >= 0.6 is 0 Å². The molecule has 2 saturated heterocycles. The number of hydrogen-bond donors (Lipinski definition) is 2. The smallest absolute Gasteiger partial charge is 0.233 e. The number of rotatable bonds is 4. The molecule has 0 aromatic rings. The van der Waals surface area contributed by atoms with E-state index in [0.717, 1.165) is 9.80 Å². The van der Waals surface area contributed by atoms with E-state index in [1.165, 1.54) is 0 Å². The lowest BCUT2D eigenvalue weighted by atomic mass is 9.40. The molecule has 26 heavy (non-hydrogen) atoms. The largest absolute Gasteiger partial charge is 0.395 e. The van der Waals surface area contributed by atoms with E-state index >= 15 is 0 Å². The van der Waals surface area contributed by atoms with E-state index in [1.807, 2.05) is 12.2 Å². The number of amides is 4. The Balaban J connectivity index is 1.51. The van der Waals surface area contributed by atoms with Gasteiger partial charge in [-0.05, 0) is 23.7 Å². The van der Waals surface area contributed by atoms with Crippen molar-refractivity contribution in [1.82, 2.24) is 9.80 Å². The van der Waals surface area contributed by atoms with Gasteiger partial charge in [-0.1, -0.05) is 12.2 Å². The average molecular weight is 360 g/mol. The molecule has 2 saturated carbocycles. The van der Waals surface area contributed by atoms with Crippen LogP contribution in [-0.2, 0) is 19.2 Å². The molecule has 6 aliphatic rings. The van der Waals surface area contributed by atoms with Crippen LogP contribution in [0.5, 0.6) is 0 Å². The molecule has 4 fully saturated rings. The second-order valence-corrected chi connectivity index (χ2v) is 7.90. The molecule has 0 aromatic heterocycles. The minimum atomic E-state index is -0.485. The highest BCUT2D eigenvalue weighted by Crippen LogP contribution is 2.68. The van der Waals surface area contributed by atoms with E-state index in [0.29, 0.717) is 0 Å². The standard InChI is InChI=1S/C18H20N2O6/c21-5-3-19-15(23)11-7-1-2-8(12(11)16(19)24)10-9(7)13-14(10)18(26)20(4-6-22)17(13)25/h1-2,7-14,21-22H,3-6H2/t7-,8+,9+,10-,11+,12-,13-,14-/m0/s1. The van der Waals surface area contributed by atoms with Crippen molar-refractivity contribution in [3.8, 4) is 0 Å². The lowest BCUT2D eigenvalue weighted by Gasteiger charge is -2.60. The summed E-state index contributed by atoms with van der Waals surface area (Å²) >= 11 is 0. The molecule has 2 heterocycles. The fourth-order valence-corrected chi connectivity index (χ4v) is 6.37. The fourth-order valence-electron chi connectivity index (χ4n) is 6.37. The molecule has 8 heteroatoms. The van der Waals surface area contributed by atoms with Crippen molar-refractivity contribution in [2.45, 2.75) is 0 Å². The van der Waals surface area contributed by atoms with E-state index in [2.05, 4.69) is 0 Å². The highest BCUT2D eigenvalue weighted by molar-refractivity contribution is 6.09. The molecule has 0 unspecified atom stereocenters. The van der Waals surface area contributed by atoms with E-state index < -0.39 is 23.7 Å². The Hall–Kier alpha value is -2.06. The molecule has 2 N–H and O–H groups in total. The normalized spacial score (nSPS) is 45.2. The summed E-state index contributed by atoms with van der Waals surface area (Å²) in [6, 6.07) is 0. The zero-order valence-electron chi connectivity index (χ0n) is 14.0. The Bertz CT molecular complexity index is 707. The molecule has 0 spiro atoms. The van der Waals surface area contributed by atoms with Crippen molar-refractivity contribution in [2.75, 3.05) is 26.3 Å². The monoisotopic (exact) mass is 360 g/mol. The maximum Gasteiger partial charge on any atom is 0.233 e. The molecule has 4 aliphatic carbocycles. The molecule has 2 bridgehead atoms. The zero-order chi connectivity index (χ0) is 18.3. The minimum Gasteiger partial charge on any atom is -0.395 e. The molecule has 2 aliphatic heterocycles. The molecule has 6 rings (SSSR count). The highest BCUT2D eigenvalue weighted by atomic mass is 16.3. The van der Waals surface area contributed by atoms with Gasteiger partial charge < -0.3 is 10.2 Å². The van der Waals surface area contributed by atoms with Gasteiger partial charge in [0.1, 0.15) is 0 Å². The van der Waals surface area contributed by atoms with Gasteiger partial charge in [0.05, 0.1) is 50.0 Å². The van der Waals surface area contributed by atoms with E-state index in [4.69, 9.17) is 10.2 Å². The molecule has 0 aromatic carbocycles. The van der Waals surface area contributed by atoms with Crippen LogP contribution in [0.4, 0.5) is 0 Å². The van der Waals surface area contributed by atoms with Crippen LogP contribution in [0.25, 0.3) is 0 Å². The molecule has 8 nitrogen and oxygen atoms in total. The summed E-state index contributed by atoms with van der Waals surface area (Å²) in [7, 11) is 0. The predicted molar refractivity (Wildman–Crippen MR) is 84.7 cm³/mol. The maximum absolute atomic E-state index is 12.8. The summed E-state index contributed by atoms with van der Waals surface area (Å²) in [5, 5.41) is 18.3. The van der Waals surface area contributed by atoms with Gasteiger partial charge in [-0.25, -0.2) is 0 Å². The van der Waals surface area contributed by atoms with Crippen molar-refractivity contribution >= 4 is 23.6 Å². The highest BCUT2D eigenvalue weighted by Gasteiger charge is 2.74. The Morgan fingerprint density at radius 1 is 0.654 bits per heavy atom. The number of imide groups is 2. The first kappa shape index (κ1) is 16.1. The van der Waals surface area contributed by atoms with E-state index in [-0.39, 0.29) is 73.6 Å². The number of hydrogen-bond acceptors (Lipinski definition) is 6. The number of β-amino-alcohol motifs (C(OH)–C–C–N with tert-alkyl or cyclic N) is 2. The van der Waals surface area contributed by atoms with Gasteiger partial charge in [0, 0.05) is 0 Å². The number of carbonyl (C=O) groups is 4. The number of fused-ring (bicyclic) bond motifs is 1. The summed E-state index contributed by atoms with van der Waals surface area (Å²) < 4.78 is 0. The van der Waals surface area contributed by atoms with Crippen molar-refractivity contribution in [3.63, 3.8) is 0 Å². The van der Waals surface area contributed by atoms with Gasteiger partial charge in [-0.2, -0.15) is 0 Å². The van der Waals surface area contributed by atoms with E-state index in [9.17, 15) is 19.2 Å². The number of allylic oxidation sites excluding steroid dienone is 2. The van der Waals surface area contributed by atoms with Crippen LogP contribution in [0.1, 0.15) is 0 Å². The van der Waals surface area contributed by atoms with E-state index in [1.54, 1.807) is 0 Å². The molecule has 138 valence electrons. The summed E-state index contributed by atoms with van der Waals surface area (Å²) in [6.07, 6.45) is 3.90. The van der Waals surface area contributed by atoms with Crippen molar-refractivity contribution in [1.29, 1.82) is 0 Å². The van der Waals surface area contributed by atoms with Crippen molar-refractivity contribution in [2.24, 2.45) is 47.3 Å². The Morgan fingerprint density at radius 2 is 1.00 bits per heavy atom. The summed E-state index contributed by atoms with van der Waals surface area (Å²) in [5.74, 6) is -3.51. The quantitative estimate of drug-likeness (QED) is 0.453. The van der Waals surface area contributed by atoms with Crippen LogP contribution in [0, 0.1) is 47.3 Å². The minimum absolute atomic E-state index is 0.00185. The Labute approximate surface area is 149 Å². The zero-order valence-corrected chi connectivity index (χ0v) is 14.0. The van der Waals surface area contributed by atoms with Gasteiger partial charge in [-0.3, -0.25) is 29.0 Å². The first-order chi connectivity index (χ1) is 12.5. The van der Waals surface area contributed by atoms with Crippen LogP contribution in [0.3, 0.4) is 0 Å². The maximum atomic E-state index is 12.8. The van der Waals surface area contributed by atoms with Crippen LogP contribution in [-0.4, -0.2) is 69.9 Å². The second kappa shape index (κ2) is 5.23. The van der Waals surface area contributed by atoms with Crippen LogP contribution in [0.2, 0.25) is 0 Å². The first-order valence-electron chi connectivity index (χ1n) is 9.13. The average Bonchev–Trinajstić information content (AvgIpc) is 2.97. The van der Waals surface area contributed by atoms with Gasteiger partial charge in [0.2, 0.25) is 23.6 Å².